The Bertz CT molecular complexity index is 458. The molecule has 1 aromatic carbocycles. The van der Waals surface area contributed by atoms with Crippen LogP contribution in [0.25, 0.3) is 0 Å². The lowest BCUT2D eigenvalue weighted by Crippen LogP contribution is -2.34. The van der Waals surface area contributed by atoms with Crippen molar-refractivity contribution in [2.24, 2.45) is 5.92 Å². The van der Waals surface area contributed by atoms with Crippen LogP contribution < -0.4 is 5.32 Å². The number of nitrogens with one attached hydrogen (secondary N) is 1. The zero-order valence-electron chi connectivity index (χ0n) is 11.5. The maximum atomic E-state index is 12.0. The number of carboxylic acids is 1. The average Bonchev–Trinajstić information content (AvgIpc) is 2.30. The molecule has 0 atom stereocenters. The predicted molar refractivity (Wildman–Crippen MR) is 74.3 cm³/mol. The van der Waals surface area contributed by atoms with Crippen LogP contribution in [0.3, 0.4) is 0 Å². The number of aliphatic carboxylic acids is 1. The van der Waals surface area contributed by atoms with E-state index in [1.54, 1.807) is 36.2 Å². The van der Waals surface area contributed by atoms with Crippen LogP contribution in [-0.4, -0.2) is 35.6 Å². The minimum atomic E-state index is -0.919. The highest BCUT2D eigenvalue weighted by molar-refractivity contribution is 5.90. The lowest BCUT2D eigenvalue weighted by Gasteiger charge is -2.20. The molecule has 0 aliphatic rings. The molecule has 5 heteroatoms. The Hall–Kier alpha value is -2.04. The van der Waals surface area contributed by atoms with Crippen LogP contribution in [-0.2, 0) is 11.2 Å². The molecule has 0 aliphatic carbocycles. The molecule has 0 bridgehead atoms. The number of anilines is 1. The molecule has 0 fully saturated rings. The first-order valence-electron chi connectivity index (χ1n) is 6.22. The van der Waals surface area contributed by atoms with Crippen molar-refractivity contribution >= 4 is 17.7 Å². The van der Waals surface area contributed by atoms with Crippen LogP contribution in [0.2, 0.25) is 0 Å². The molecule has 2 amide bonds. The van der Waals surface area contributed by atoms with Crippen LogP contribution in [0.15, 0.2) is 24.3 Å². The Balaban J connectivity index is 2.76. The molecule has 0 saturated carbocycles. The molecule has 1 aromatic rings. The van der Waals surface area contributed by atoms with Gasteiger partial charge >= 0.3 is 12.0 Å². The van der Waals surface area contributed by atoms with Gasteiger partial charge in [0, 0.05) is 19.3 Å². The first kappa shape index (κ1) is 15.0. The van der Waals surface area contributed by atoms with Crippen LogP contribution in [0.5, 0.6) is 0 Å². The number of rotatable bonds is 5. The summed E-state index contributed by atoms with van der Waals surface area (Å²) < 4.78 is 0. The number of benzene rings is 1. The van der Waals surface area contributed by atoms with Crippen molar-refractivity contribution in [3.63, 3.8) is 0 Å². The van der Waals surface area contributed by atoms with Gasteiger partial charge in [-0.1, -0.05) is 32.0 Å². The third kappa shape index (κ3) is 4.99. The van der Waals surface area contributed by atoms with Gasteiger partial charge in [-0.25, -0.2) is 4.79 Å². The smallest absolute Gasteiger partial charge is 0.321 e. The van der Waals surface area contributed by atoms with Gasteiger partial charge in [-0.05, 0) is 17.5 Å². The molecule has 104 valence electrons. The molecule has 0 saturated heterocycles. The molecule has 1 rings (SSSR count). The summed E-state index contributed by atoms with van der Waals surface area (Å²) in [6.07, 6.45) is -0.107. The van der Waals surface area contributed by atoms with Crippen molar-refractivity contribution in [1.82, 2.24) is 4.90 Å². The van der Waals surface area contributed by atoms with Crippen molar-refractivity contribution in [1.29, 1.82) is 0 Å². The Morgan fingerprint density at radius 1 is 1.32 bits per heavy atom. The number of urea groups is 1. The summed E-state index contributed by atoms with van der Waals surface area (Å²) >= 11 is 0. The summed E-state index contributed by atoms with van der Waals surface area (Å²) in [4.78, 5) is 24.3. The molecule has 5 nitrogen and oxygen atoms in total. The van der Waals surface area contributed by atoms with Gasteiger partial charge in [0.05, 0.1) is 6.42 Å². The second-order valence-electron chi connectivity index (χ2n) is 4.93. The predicted octanol–water partition coefficient (Wildman–Crippen LogP) is 2.43. The zero-order valence-corrected chi connectivity index (χ0v) is 11.5. The maximum absolute atomic E-state index is 12.0. The van der Waals surface area contributed by atoms with E-state index in [0.29, 0.717) is 23.7 Å². The van der Waals surface area contributed by atoms with E-state index in [1.165, 1.54) is 0 Å². The van der Waals surface area contributed by atoms with Gasteiger partial charge in [0.2, 0.25) is 0 Å². The van der Waals surface area contributed by atoms with E-state index in [-0.39, 0.29) is 12.5 Å². The van der Waals surface area contributed by atoms with Crippen molar-refractivity contribution in [3.05, 3.63) is 29.8 Å². The van der Waals surface area contributed by atoms with Gasteiger partial charge in [-0.3, -0.25) is 4.79 Å². The third-order valence-electron chi connectivity index (χ3n) is 2.59. The number of hydrogen-bond acceptors (Lipinski definition) is 2. The molecule has 19 heavy (non-hydrogen) atoms. The van der Waals surface area contributed by atoms with Gasteiger partial charge in [-0.2, -0.15) is 0 Å². The van der Waals surface area contributed by atoms with Crippen LogP contribution in [0.4, 0.5) is 10.5 Å². The fourth-order valence-corrected chi connectivity index (χ4v) is 1.80. The summed E-state index contributed by atoms with van der Waals surface area (Å²) in [7, 11) is 1.72. The van der Waals surface area contributed by atoms with E-state index < -0.39 is 5.97 Å². The number of hydrogen-bond donors (Lipinski definition) is 2. The molecule has 0 spiro atoms. The highest BCUT2D eigenvalue weighted by Gasteiger charge is 2.13. The minimum Gasteiger partial charge on any atom is -0.481 e. The van der Waals surface area contributed by atoms with Crippen molar-refractivity contribution in [2.75, 3.05) is 18.9 Å². The second-order valence-corrected chi connectivity index (χ2v) is 4.93. The van der Waals surface area contributed by atoms with E-state index in [4.69, 9.17) is 5.11 Å². The van der Waals surface area contributed by atoms with Crippen LogP contribution in [0, 0.1) is 5.92 Å². The molecule has 0 radical (unpaired) electrons. The Labute approximate surface area is 113 Å². The summed E-state index contributed by atoms with van der Waals surface area (Å²) in [5, 5.41) is 11.6. The lowest BCUT2D eigenvalue weighted by atomic mass is 10.1. The molecule has 0 aromatic heterocycles. The number of carboxylic acid groups (broad SMARTS) is 1. The first-order valence-corrected chi connectivity index (χ1v) is 6.22. The summed E-state index contributed by atoms with van der Waals surface area (Å²) in [5.41, 5.74) is 1.15. The van der Waals surface area contributed by atoms with Crippen molar-refractivity contribution in [2.45, 2.75) is 20.3 Å². The number of para-hydroxylation sites is 1. The summed E-state index contributed by atoms with van der Waals surface area (Å²) in [6.45, 7) is 4.71. The Morgan fingerprint density at radius 3 is 2.53 bits per heavy atom. The molecule has 0 heterocycles. The summed E-state index contributed by atoms with van der Waals surface area (Å²) in [6, 6.07) is 6.70. The maximum Gasteiger partial charge on any atom is 0.321 e. The molecule has 0 aliphatic heterocycles. The fraction of sp³-hybridized carbons (Fsp3) is 0.429. The van der Waals surface area contributed by atoms with Gasteiger partial charge < -0.3 is 15.3 Å². The molecular formula is C14H20N2O3. The highest BCUT2D eigenvalue weighted by atomic mass is 16.4. The largest absolute Gasteiger partial charge is 0.481 e. The lowest BCUT2D eigenvalue weighted by molar-refractivity contribution is -0.136. The van der Waals surface area contributed by atoms with E-state index in [2.05, 4.69) is 5.32 Å². The minimum absolute atomic E-state index is 0.107. The number of amides is 2. The highest BCUT2D eigenvalue weighted by Crippen LogP contribution is 2.16. The van der Waals surface area contributed by atoms with Gasteiger partial charge in [0.25, 0.3) is 0 Å². The van der Waals surface area contributed by atoms with Crippen molar-refractivity contribution < 1.29 is 14.7 Å². The topological polar surface area (TPSA) is 69.6 Å². The van der Waals surface area contributed by atoms with E-state index in [1.807, 2.05) is 13.8 Å². The number of carbonyl (C=O) groups is 2. The molecule has 2 N–H and O–H groups in total. The van der Waals surface area contributed by atoms with Crippen molar-refractivity contribution in [3.8, 4) is 0 Å². The van der Waals surface area contributed by atoms with E-state index in [0.717, 1.165) is 0 Å². The fourth-order valence-electron chi connectivity index (χ4n) is 1.80. The van der Waals surface area contributed by atoms with Crippen LogP contribution >= 0.6 is 0 Å². The average molecular weight is 264 g/mol. The number of nitrogens with zero attached hydrogens (tertiary/aromatic N) is 1. The number of carbonyl (C=O) groups excluding carboxylic acids is 1. The monoisotopic (exact) mass is 264 g/mol. The second kappa shape index (κ2) is 6.78. The van der Waals surface area contributed by atoms with Gasteiger partial charge in [-0.15, -0.1) is 0 Å². The van der Waals surface area contributed by atoms with E-state index in [9.17, 15) is 9.59 Å². The Kier molecular flexibility index (Phi) is 5.36. The molecule has 0 unspecified atom stereocenters. The van der Waals surface area contributed by atoms with Gasteiger partial charge in [0.15, 0.2) is 0 Å². The Morgan fingerprint density at radius 2 is 1.95 bits per heavy atom. The summed E-state index contributed by atoms with van der Waals surface area (Å²) in [5.74, 6) is -0.540. The standard InChI is InChI=1S/C14H20N2O3/c1-10(2)9-16(3)14(19)15-12-7-5-4-6-11(12)8-13(17)18/h4-7,10H,8-9H2,1-3H3,(H,15,19)(H,17,18). The zero-order chi connectivity index (χ0) is 14.4. The van der Waals surface area contributed by atoms with Crippen LogP contribution in [0.1, 0.15) is 19.4 Å². The van der Waals surface area contributed by atoms with Gasteiger partial charge in [0.1, 0.15) is 0 Å². The first-order chi connectivity index (χ1) is 8.90. The quantitative estimate of drug-likeness (QED) is 0.858. The molecular weight excluding hydrogens is 244 g/mol. The third-order valence-corrected chi connectivity index (χ3v) is 2.59. The van der Waals surface area contributed by atoms with E-state index >= 15 is 0 Å². The SMILES string of the molecule is CC(C)CN(C)C(=O)Nc1ccccc1CC(=O)O. The normalized spacial score (nSPS) is 10.3.